The van der Waals surface area contributed by atoms with Crippen LogP contribution in [0.4, 0.5) is 0 Å². The quantitative estimate of drug-likeness (QED) is 0.131. The fourth-order valence-electron chi connectivity index (χ4n) is 4.49. The molecule has 0 unspecified atom stereocenters. The third-order valence-electron chi connectivity index (χ3n) is 6.73. The van der Waals surface area contributed by atoms with E-state index in [1.54, 1.807) is 87.1 Å². The fourth-order valence-corrected chi connectivity index (χ4v) is 5.82. The van der Waals surface area contributed by atoms with E-state index in [0.29, 0.717) is 47.3 Å². The van der Waals surface area contributed by atoms with Gasteiger partial charge in [-0.2, -0.15) is 0 Å². The number of rotatable bonds is 14. The number of benzene rings is 4. The molecule has 0 atom stereocenters. The minimum atomic E-state index is -4.12. The molecule has 4 aromatic carbocycles. The van der Waals surface area contributed by atoms with Crippen LogP contribution in [0.25, 0.3) is 24.3 Å². The molecule has 0 aromatic heterocycles. The predicted octanol–water partition coefficient (Wildman–Crippen LogP) is 8.72. The Morgan fingerprint density at radius 2 is 1.00 bits per heavy atom. The molecule has 0 fully saturated rings. The van der Waals surface area contributed by atoms with Crippen LogP contribution in [0.5, 0.6) is 23.0 Å². The van der Waals surface area contributed by atoms with Gasteiger partial charge in [-0.3, -0.25) is 0 Å². The average Bonchev–Trinajstić information content (AvgIpc) is 3.06. The molecule has 0 aliphatic heterocycles. The van der Waals surface area contributed by atoms with Gasteiger partial charge in [0.1, 0.15) is 23.0 Å². The van der Waals surface area contributed by atoms with Gasteiger partial charge in [-0.1, -0.05) is 72.8 Å². The summed E-state index contributed by atoms with van der Waals surface area (Å²) in [6.07, 6.45) is 10.0. The smallest absolute Gasteiger partial charge is 0.206 e. The molecule has 0 heterocycles. The second-order valence-corrected chi connectivity index (χ2v) is 11.7. The van der Waals surface area contributed by atoms with E-state index in [0.717, 1.165) is 11.1 Å². The van der Waals surface area contributed by atoms with Gasteiger partial charge in [0, 0.05) is 23.3 Å². The highest BCUT2D eigenvalue weighted by atomic mass is 32.2. The summed E-state index contributed by atoms with van der Waals surface area (Å²) in [5.74, 6) is 2.23. The molecule has 0 aliphatic rings. The van der Waals surface area contributed by atoms with E-state index < -0.39 is 9.84 Å². The number of hydrogen-bond donors (Lipinski definition) is 0. The topological polar surface area (TPSA) is 71.1 Å². The van der Waals surface area contributed by atoms with Crippen molar-refractivity contribution in [3.63, 3.8) is 0 Å². The lowest BCUT2D eigenvalue weighted by atomic mass is 10.1. The van der Waals surface area contributed by atoms with Crippen LogP contribution in [-0.4, -0.2) is 35.9 Å². The molecule has 0 aliphatic carbocycles. The second-order valence-electron chi connectivity index (χ2n) is 9.76. The highest BCUT2D eigenvalue weighted by Crippen LogP contribution is 2.33. The summed E-state index contributed by atoms with van der Waals surface area (Å²) in [5, 5.41) is 0. The van der Waals surface area contributed by atoms with Gasteiger partial charge in [0.15, 0.2) is 0 Å². The van der Waals surface area contributed by atoms with Crippen molar-refractivity contribution in [1.82, 2.24) is 0 Å². The summed E-state index contributed by atoms with van der Waals surface area (Å²) in [4.78, 5) is 0.144. The lowest BCUT2D eigenvalue weighted by molar-refractivity contribution is 0.336. The van der Waals surface area contributed by atoms with Crippen LogP contribution < -0.4 is 18.9 Å². The maximum atomic E-state index is 14.7. The molecule has 0 N–H and O–H groups in total. The van der Waals surface area contributed by atoms with Gasteiger partial charge in [0.2, 0.25) is 9.84 Å². The van der Waals surface area contributed by atoms with Crippen LogP contribution >= 0.6 is 0 Å². The standard InChI is InChI=1S/C38H38O6S/c1-5-43-33-21-19-31(37(27-33)41-3)25-35(23-17-29-13-9-7-10-14-29)45(39,40)36(24-18-30-15-11-8-12-16-30)26-32-20-22-34(44-6-2)28-38(32)42-4/h7-28H,5-6H2,1-4H3/b23-17-,24-18?,35-25?,36-26?. The summed E-state index contributed by atoms with van der Waals surface area (Å²) in [7, 11) is -1.03. The third kappa shape index (κ3) is 9.00. The Labute approximate surface area is 266 Å². The molecular weight excluding hydrogens is 584 g/mol. The first-order chi connectivity index (χ1) is 21.9. The van der Waals surface area contributed by atoms with E-state index in [2.05, 4.69) is 0 Å². The maximum Gasteiger partial charge on any atom is 0.206 e. The first-order valence-electron chi connectivity index (χ1n) is 14.6. The Bertz CT molecular complexity index is 1660. The first-order valence-corrected chi connectivity index (χ1v) is 16.1. The molecule has 232 valence electrons. The Morgan fingerprint density at radius 3 is 1.36 bits per heavy atom. The normalized spacial score (nSPS) is 12.4. The van der Waals surface area contributed by atoms with Crippen LogP contribution in [0.2, 0.25) is 0 Å². The molecule has 0 saturated heterocycles. The Balaban J connectivity index is 1.92. The first kappa shape index (κ1) is 32.9. The lowest BCUT2D eigenvalue weighted by Gasteiger charge is -2.13. The number of allylic oxidation sites excluding steroid dienone is 2. The Kier molecular flexibility index (Phi) is 11.8. The number of ether oxygens (including phenoxy) is 4. The van der Waals surface area contributed by atoms with E-state index in [-0.39, 0.29) is 9.81 Å². The van der Waals surface area contributed by atoms with Gasteiger partial charge in [-0.25, -0.2) is 8.42 Å². The third-order valence-corrected chi connectivity index (χ3v) is 8.48. The zero-order valence-electron chi connectivity index (χ0n) is 26.0. The number of methoxy groups -OCH3 is 2. The predicted molar refractivity (Wildman–Crippen MR) is 184 cm³/mol. The molecule has 0 bridgehead atoms. The van der Waals surface area contributed by atoms with Crippen molar-refractivity contribution in [3.05, 3.63) is 141 Å². The van der Waals surface area contributed by atoms with Crippen LogP contribution in [0.3, 0.4) is 0 Å². The minimum Gasteiger partial charge on any atom is -0.496 e. The van der Waals surface area contributed by atoms with E-state index in [4.69, 9.17) is 18.9 Å². The summed E-state index contributed by atoms with van der Waals surface area (Å²) in [6.45, 7) is 4.79. The monoisotopic (exact) mass is 622 g/mol. The van der Waals surface area contributed by atoms with E-state index in [1.807, 2.05) is 74.5 Å². The van der Waals surface area contributed by atoms with Crippen LogP contribution in [0.1, 0.15) is 36.1 Å². The molecule has 7 heteroatoms. The molecule has 0 saturated carbocycles. The van der Waals surface area contributed by atoms with Gasteiger partial charge >= 0.3 is 0 Å². The van der Waals surface area contributed by atoms with Gasteiger partial charge in [-0.15, -0.1) is 0 Å². The van der Waals surface area contributed by atoms with Crippen molar-refractivity contribution < 1.29 is 27.4 Å². The number of sulfone groups is 1. The van der Waals surface area contributed by atoms with E-state index >= 15 is 0 Å². The highest BCUT2D eigenvalue weighted by Gasteiger charge is 2.22. The Morgan fingerprint density at radius 1 is 0.600 bits per heavy atom. The van der Waals surface area contributed by atoms with Crippen molar-refractivity contribution in [3.8, 4) is 23.0 Å². The van der Waals surface area contributed by atoms with Gasteiger partial charge in [0.25, 0.3) is 0 Å². The van der Waals surface area contributed by atoms with Crippen LogP contribution in [0, 0.1) is 0 Å². The summed E-state index contributed by atoms with van der Waals surface area (Å²) < 4.78 is 51.8. The summed E-state index contributed by atoms with van der Waals surface area (Å²) >= 11 is 0. The van der Waals surface area contributed by atoms with Gasteiger partial charge in [0.05, 0.1) is 37.2 Å². The second kappa shape index (κ2) is 16.2. The SMILES string of the molecule is CCOc1ccc(C=C(C=Cc2ccccc2)S(=O)(=O)C(=Cc2ccc(OCC)cc2OC)/C=C\c2ccccc2)c(OC)c1. The summed E-state index contributed by atoms with van der Waals surface area (Å²) in [6, 6.07) is 29.7. The van der Waals surface area contributed by atoms with Crippen LogP contribution in [0.15, 0.2) is 119 Å². The van der Waals surface area contributed by atoms with E-state index in [9.17, 15) is 8.42 Å². The van der Waals surface area contributed by atoms with Crippen molar-refractivity contribution in [2.45, 2.75) is 13.8 Å². The van der Waals surface area contributed by atoms with Crippen molar-refractivity contribution in [2.75, 3.05) is 27.4 Å². The van der Waals surface area contributed by atoms with Gasteiger partial charge < -0.3 is 18.9 Å². The molecular formula is C38H38O6S. The maximum absolute atomic E-state index is 14.7. The van der Waals surface area contributed by atoms with Crippen molar-refractivity contribution >= 4 is 34.1 Å². The molecule has 0 radical (unpaired) electrons. The fraction of sp³-hybridized carbons (Fsp3) is 0.158. The summed E-state index contributed by atoms with van der Waals surface area (Å²) in [5.41, 5.74) is 2.89. The van der Waals surface area contributed by atoms with Crippen molar-refractivity contribution in [2.24, 2.45) is 0 Å². The number of hydrogen-bond acceptors (Lipinski definition) is 6. The van der Waals surface area contributed by atoms with Crippen LogP contribution in [-0.2, 0) is 9.84 Å². The zero-order valence-corrected chi connectivity index (χ0v) is 26.8. The molecule has 0 amide bonds. The minimum absolute atomic E-state index is 0.0719. The molecule has 4 aromatic rings. The van der Waals surface area contributed by atoms with Gasteiger partial charge in [-0.05, 0) is 73.5 Å². The highest BCUT2D eigenvalue weighted by molar-refractivity contribution is 7.99. The van der Waals surface area contributed by atoms with Crippen molar-refractivity contribution in [1.29, 1.82) is 0 Å². The average molecular weight is 623 g/mol. The molecule has 6 nitrogen and oxygen atoms in total. The molecule has 4 rings (SSSR count). The Hall–Kier alpha value is -5.01. The zero-order chi connectivity index (χ0) is 32.1. The molecule has 45 heavy (non-hydrogen) atoms. The lowest BCUT2D eigenvalue weighted by Crippen LogP contribution is -2.05. The largest absolute Gasteiger partial charge is 0.496 e. The molecule has 0 spiro atoms. The van der Waals surface area contributed by atoms with E-state index in [1.165, 1.54) is 0 Å².